The van der Waals surface area contributed by atoms with Crippen LogP contribution in [-0.2, 0) is 12.8 Å². The topological polar surface area (TPSA) is 56.7 Å². The third-order valence-corrected chi connectivity index (χ3v) is 4.93. The smallest absolute Gasteiger partial charge is 0.134 e. The molecule has 5 heteroatoms. The molecule has 2 aliphatic rings. The SMILES string of the molecule is NC1CCCc2nnc(CC3CCSCC3)n21. The Morgan fingerprint density at radius 1 is 1.24 bits per heavy atom. The van der Waals surface area contributed by atoms with Crippen LogP contribution in [0, 0.1) is 5.92 Å². The van der Waals surface area contributed by atoms with Gasteiger partial charge in [-0.25, -0.2) is 0 Å². The minimum atomic E-state index is 0.113. The highest BCUT2D eigenvalue weighted by Gasteiger charge is 2.24. The van der Waals surface area contributed by atoms with Crippen molar-refractivity contribution in [1.29, 1.82) is 0 Å². The normalized spacial score (nSPS) is 25.8. The van der Waals surface area contributed by atoms with Gasteiger partial charge in [0.05, 0.1) is 6.17 Å². The summed E-state index contributed by atoms with van der Waals surface area (Å²) in [6, 6.07) is 0. The van der Waals surface area contributed by atoms with Gasteiger partial charge in [-0.05, 0) is 43.1 Å². The molecule has 0 bridgehead atoms. The molecule has 2 aliphatic heterocycles. The number of aromatic nitrogens is 3. The maximum Gasteiger partial charge on any atom is 0.134 e. The molecule has 3 rings (SSSR count). The second kappa shape index (κ2) is 4.98. The van der Waals surface area contributed by atoms with Gasteiger partial charge in [-0.15, -0.1) is 10.2 Å². The van der Waals surface area contributed by atoms with Crippen LogP contribution in [0.25, 0.3) is 0 Å². The Balaban J connectivity index is 1.76. The van der Waals surface area contributed by atoms with Gasteiger partial charge in [0.15, 0.2) is 0 Å². The van der Waals surface area contributed by atoms with Gasteiger partial charge in [0, 0.05) is 12.8 Å². The van der Waals surface area contributed by atoms with Gasteiger partial charge < -0.3 is 5.73 Å². The number of fused-ring (bicyclic) bond motifs is 1. The lowest BCUT2D eigenvalue weighted by Gasteiger charge is -2.25. The first-order valence-electron chi connectivity index (χ1n) is 6.60. The molecular weight excluding hydrogens is 232 g/mol. The van der Waals surface area contributed by atoms with Gasteiger partial charge in [-0.2, -0.15) is 11.8 Å². The van der Waals surface area contributed by atoms with Crippen LogP contribution >= 0.6 is 11.8 Å². The van der Waals surface area contributed by atoms with Crippen LogP contribution in [0.1, 0.15) is 43.5 Å². The molecule has 0 saturated carbocycles. The van der Waals surface area contributed by atoms with E-state index in [1.165, 1.54) is 24.3 Å². The minimum Gasteiger partial charge on any atom is -0.311 e. The molecule has 94 valence electrons. The summed E-state index contributed by atoms with van der Waals surface area (Å²) in [5.41, 5.74) is 6.18. The van der Waals surface area contributed by atoms with Crippen LogP contribution in [0.15, 0.2) is 0 Å². The molecule has 1 fully saturated rings. The monoisotopic (exact) mass is 252 g/mol. The Bertz CT molecular complexity index is 384. The predicted octanol–water partition coefficient (Wildman–Crippen LogP) is 1.76. The summed E-state index contributed by atoms with van der Waals surface area (Å²) in [5, 5.41) is 8.67. The average molecular weight is 252 g/mol. The molecule has 0 aliphatic carbocycles. The van der Waals surface area contributed by atoms with Gasteiger partial charge in [0.1, 0.15) is 11.6 Å². The number of thioether (sulfide) groups is 1. The second-order valence-corrected chi connectivity index (χ2v) is 6.35. The van der Waals surface area contributed by atoms with E-state index in [9.17, 15) is 0 Å². The lowest BCUT2D eigenvalue weighted by Crippen LogP contribution is -2.27. The summed E-state index contributed by atoms with van der Waals surface area (Å²) in [7, 11) is 0. The molecular formula is C12H20N4S. The first kappa shape index (κ1) is 11.5. The van der Waals surface area contributed by atoms with E-state index in [1.54, 1.807) is 0 Å². The fourth-order valence-corrected chi connectivity index (χ4v) is 4.06. The van der Waals surface area contributed by atoms with Crippen LogP contribution in [0.5, 0.6) is 0 Å². The Morgan fingerprint density at radius 2 is 2.06 bits per heavy atom. The molecule has 0 radical (unpaired) electrons. The molecule has 17 heavy (non-hydrogen) atoms. The van der Waals surface area contributed by atoms with Crippen molar-refractivity contribution in [3.05, 3.63) is 11.6 Å². The zero-order valence-electron chi connectivity index (χ0n) is 10.1. The van der Waals surface area contributed by atoms with Gasteiger partial charge in [-0.3, -0.25) is 4.57 Å². The highest BCUT2D eigenvalue weighted by Crippen LogP contribution is 2.28. The number of nitrogens with zero attached hydrogens (tertiary/aromatic N) is 3. The Morgan fingerprint density at radius 3 is 2.88 bits per heavy atom. The van der Waals surface area contributed by atoms with E-state index >= 15 is 0 Å². The second-order valence-electron chi connectivity index (χ2n) is 5.12. The zero-order valence-corrected chi connectivity index (χ0v) is 11.0. The van der Waals surface area contributed by atoms with Crippen molar-refractivity contribution >= 4 is 11.8 Å². The van der Waals surface area contributed by atoms with Crippen molar-refractivity contribution in [2.75, 3.05) is 11.5 Å². The molecule has 0 spiro atoms. The number of nitrogens with two attached hydrogens (primary N) is 1. The van der Waals surface area contributed by atoms with Crippen molar-refractivity contribution in [3.63, 3.8) is 0 Å². The van der Waals surface area contributed by atoms with Crippen LogP contribution in [0.2, 0.25) is 0 Å². The van der Waals surface area contributed by atoms with E-state index in [-0.39, 0.29) is 6.17 Å². The van der Waals surface area contributed by atoms with E-state index in [0.717, 1.165) is 43.3 Å². The van der Waals surface area contributed by atoms with Crippen molar-refractivity contribution in [2.24, 2.45) is 11.7 Å². The van der Waals surface area contributed by atoms with Crippen LogP contribution in [0.3, 0.4) is 0 Å². The zero-order chi connectivity index (χ0) is 11.7. The van der Waals surface area contributed by atoms with Gasteiger partial charge >= 0.3 is 0 Å². The number of hydrogen-bond acceptors (Lipinski definition) is 4. The Labute approximate surface area is 106 Å². The molecule has 0 amide bonds. The molecule has 1 unspecified atom stereocenters. The highest BCUT2D eigenvalue weighted by atomic mass is 32.2. The molecule has 0 aromatic carbocycles. The molecule has 1 saturated heterocycles. The van der Waals surface area contributed by atoms with Gasteiger partial charge in [-0.1, -0.05) is 0 Å². The van der Waals surface area contributed by atoms with E-state index in [0.29, 0.717) is 0 Å². The van der Waals surface area contributed by atoms with Crippen molar-refractivity contribution < 1.29 is 0 Å². The fourth-order valence-electron chi connectivity index (χ4n) is 2.86. The first-order valence-corrected chi connectivity index (χ1v) is 7.76. The molecule has 2 N–H and O–H groups in total. The van der Waals surface area contributed by atoms with Gasteiger partial charge in [0.25, 0.3) is 0 Å². The molecule has 4 nitrogen and oxygen atoms in total. The quantitative estimate of drug-likeness (QED) is 0.871. The standard InChI is InChI=1S/C12H20N4S/c13-10-2-1-3-11-14-15-12(16(10)11)8-9-4-6-17-7-5-9/h9-10H,1-8,13H2. The highest BCUT2D eigenvalue weighted by molar-refractivity contribution is 7.99. The summed E-state index contributed by atoms with van der Waals surface area (Å²) in [6.07, 6.45) is 7.09. The van der Waals surface area contributed by atoms with Crippen molar-refractivity contribution in [1.82, 2.24) is 14.8 Å². The van der Waals surface area contributed by atoms with E-state index in [4.69, 9.17) is 5.73 Å². The molecule has 1 aromatic rings. The Kier molecular flexibility index (Phi) is 3.38. The number of rotatable bonds is 2. The number of aryl methyl sites for hydroxylation is 1. The summed E-state index contributed by atoms with van der Waals surface area (Å²) in [5.74, 6) is 5.63. The number of hydrogen-bond donors (Lipinski definition) is 1. The van der Waals surface area contributed by atoms with Gasteiger partial charge in [0.2, 0.25) is 0 Å². The maximum atomic E-state index is 6.18. The van der Waals surface area contributed by atoms with E-state index < -0.39 is 0 Å². The lowest BCUT2D eigenvalue weighted by atomic mass is 9.98. The first-order chi connectivity index (χ1) is 8.34. The summed E-state index contributed by atoms with van der Waals surface area (Å²) < 4.78 is 2.20. The maximum absolute atomic E-state index is 6.18. The summed E-state index contributed by atoms with van der Waals surface area (Å²) >= 11 is 2.07. The molecule has 1 atom stereocenters. The third kappa shape index (κ3) is 2.36. The van der Waals surface area contributed by atoms with Crippen molar-refractivity contribution in [3.8, 4) is 0 Å². The predicted molar refractivity (Wildman–Crippen MR) is 69.9 cm³/mol. The largest absolute Gasteiger partial charge is 0.311 e. The summed E-state index contributed by atoms with van der Waals surface area (Å²) in [6.45, 7) is 0. The van der Waals surface area contributed by atoms with E-state index in [1.807, 2.05) is 0 Å². The summed E-state index contributed by atoms with van der Waals surface area (Å²) in [4.78, 5) is 0. The fraction of sp³-hybridized carbons (Fsp3) is 0.833. The van der Waals surface area contributed by atoms with Crippen LogP contribution in [0.4, 0.5) is 0 Å². The van der Waals surface area contributed by atoms with E-state index in [2.05, 4.69) is 26.5 Å². The lowest BCUT2D eigenvalue weighted by molar-refractivity contribution is 0.381. The molecule has 3 heterocycles. The third-order valence-electron chi connectivity index (χ3n) is 3.88. The van der Waals surface area contributed by atoms with Crippen LogP contribution in [-0.4, -0.2) is 26.3 Å². The molecule has 1 aromatic heterocycles. The average Bonchev–Trinajstić information content (AvgIpc) is 2.75. The van der Waals surface area contributed by atoms with Crippen molar-refractivity contribution in [2.45, 2.75) is 44.7 Å². The minimum absolute atomic E-state index is 0.113. The Hall–Kier alpha value is -0.550. The van der Waals surface area contributed by atoms with Crippen LogP contribution < -0.4 is 5.73 Å².